The van der Waals surface area contributed by atoms with Crippen molar-refractivity contribution >= 4 is 22.9 Å². The van der Waals surface area contributed by atoms with Crippen LogP contribution in [0.25, 0.3) is 0 Å². The van der Waals surface area contributed by atoms with Crippen molar-refractivity contribution in [2.75, 3.05) is 44.7 Å². The van der Waals surface area contributed by atoms with Crippen molar-refractivity contribution in [2.24, 2.45) is 0 Å². The molecular weight excluding hydrogens is 322 g/mol. The van der Waals surface area contributed by atoms with Gasteiger partial charge in [-0.25, -0.2) is 0 Å². The van der Waals surface area contributed by atoms with Crippen LogP contribution in [-0.4, -0.2) is 50.2 Å². The second-order valence-corrected chi connectivity index (χ2v) is 6.76. The minimum Gasteiger partial charge on any atom is -0.380 e. The van der Waals surface area contributed by atoms with E-state index in [1.807, 2.05) is 30.3 Å². The summed E-state index contributed by atoms with van der Waals surface area (Å²) in [4.78, 5) is 15.9. The van der Waals surface area contributed by atoms with Gasteiger partial charge >= 0.3 is 0 Å². The highest BCUT2D eigenvalue weighted by Crippen LogP contribution is 2.14. The summed E-state index contributed by atoms with van der Waals surface area (Å²) in [5.74, 6) is -0.0250. The lowest BCUT2D eigenvalue weighted by molar-refractivity contribution is 0.0383. The van der Waals surface area contributed by atoms with Gasteiger partial charge < -0.3 is 15.4 Å². The van der Waals surface area contributed by atoms with E-state index in [0.717, 1.165) is 45.1 Å². The van der Waals surface area contributed by atoms with Gasteiger partial charge in [-0.15, -0.1) is 11.3 Å². The first kappa shape index (κ1) is 17.0. The van der Waals surface area contributed by atoms with Crippen molar-refractivity contribution in [3.05, 3.63) is 52.2 Å². The summed E-state index contributed by atoms with van der Waals surface area (Å²) in [6.45, 7) is 5.75. The van der Waals surface area contributed by atoms with Gasteiger partial charge in [0.2, 0.25) is 0 Å². The van der Waals surface area contributed by atoms with E-state index in [-0.39, 0.29) is 5.91 Å². The molecule has 0 unspecified atom stereocenters. The Balaban J connectivity index is 1.46. The standard InChI is InChI=1S/C18H23N3O2S/c22-18(19-6-7-21-8-10-23-11-9-21)15-3-1-4-16(13-15)20-14-17-5-2-12-24-17/h1-5,12-13,20H,6-11,14H2,(H,19,22). The molecule has 2 heterocycles. The Morgan fingerprint density at radius 3 is 2.88 bits per heavy atom. The number of rotatable bonds is 7. The average molecular weight is 345 g/mol. The van der Waals surface area contributed by atoms with Gasteiger partial charge in [-0.2, -0.15) is 0 Å². The maximum absolute atomic E-state index is 12.3. The Bertz CT molecular complexity index is 639. The number of thiophene rings is 1. The molecule has 3 rings (SSSR count). The van der Waals surface area contributed by atoms with Crippen molar-refractivity contribution in [2.45, 2.75) is 6.54 Å². The second-order valence-electron chi connectivity index (χ2n) is 5.72. The Morgan fingerprint density at radius 2 is 2.08 bits per heavy atom. The molecule has 2 aromatic rings. The van der Waals surface area contributed by atoms with Crippen molar-refractivity contribution in [3.63, 3.8) is 0 Å². The lowest BCUT2D eigenvalue weighted by Gasteiger charge is -2.26. The van der Waals surface area contributed by atoms with Crippen LogP contribution in [0.3, 0.4) is 0 Å². The second kappa shape index (κ2) is 8.82. The Kier molecular flexibility index (Phi) is 6.23. The molecule has 5 nitrogen and oxygen atoms in total. The fourth-order valence-electron chi connectivity index (χ4n) is 2.63. The summed E-state index contributed by atoms with van der Waals surface area (Å²) in [5.41, 5.74) is 1.65. The van der Waals surface area contributed by atoms with Gasteiger partial charge in [-0.1, -0.05) is 12.1 Å². The Hall–Kier alpha value is -1.89. The van der Waals surface area contributed by atoms with E-state index in [0.29, 0.717) is 12.1 Å². The fourth-order valence-corrected chi connectivity index (χ4v) is 3.27. The third-order valence-electron chi connectivity index (χ3n) is 3.99. The summed E-state index contributed by atoms with van der Waals surface area (Å²) < 4.78 is 5.32. The molecule has 1 fully saturated rings. The first-order valence-corrected chi connectivity index (χ1v) is 9.14. The highest BCUT2D eigenvalue weighted by molar-refractivity contribution is 7.09. The molecule has 0 radical (unpaired) electrons. The van der Waals surface area contributed by atoms with Crippen molar-refractivity contribution in [1.29, 1.82) is 0 Å². The average Bonchev–Trinajstić information content (AvgIpc) is 3.15. The predicted octanol–water partition coefficient (Wildman–Crippen LogP) is 2.42. The molecular formula is C18H23N3O2S. The molecule has 6 heteroatoms. The number of carbonyl (C=O) groups is 1. The van der Waals surface area contributed by atoms with Crippen LogP contribution in [0.5, 0.6) is 0 Å². The maximum atomic E-state index is 12.3. The number of nitrogens with one attached hydrogen (secondary N) is 2. The molecule has 1 aromatic heterocycles. The van der Waals surface area contributed by atoms with E-state index < -0.39 is 0 Å². The van der Waals surface area contributed by atoms with Gasteiger partial charge in [0.25, 0.3) is 5.91 Å². The summed E-state index contributed by atoms with van der Waals surface area (Å²) >= 11 is 1.72. The zero-order chi connectivity index (χ0) is 16.6. The number of carbonyl (C=O) groups excluding carboxylic acids is 1. The molecule has 0 bridgehead atoms. The van der Waals surface area contributed by atoms with E-state index in [1.165, 1.54) is 4.88 Å². The van der Waals surface area contributed by atoms with E-state index in [1.54, 1.807) is 11.3 Å². The molecule has 2 N–H and O–H groups in total. The molecule has 24 heavy (non-hydrogen) atoms. The van der Waals surface area contributed by atoms with E-state index in [9.17, 15) is 4.79 Å². The van der Waals surface area contributed by atoms with Crippen molar-refractivity contribution < 1.29 is 9.53 Å². The highest BCUT2D eigenvalue weighted by atomic mass is 32.1. The van der Waals surface area contributed by atoms with Crippen molar-refractivity contribution in [3.8, 4) is 0 Å². The van der Waals surface area contributed by atoms with Crippen LogP contribution in [0, 0.1) is 0 Å². The van der Waals surface area contributed by atoms with Crippen LogP contribution in [0.2, 0.25) is 0 Å². The molecule has 128 valence electrons. The third-order valence-corrected chi connectivity index (χ3v) is 4.87. The number of benzene rings is 1. The minimum absolute atomic E-state index is 0.0250. The maximum Gasteiger partial charge on any atom is 0.251 e. The molecule has 0 spiro atoms. The van der Waals surface area contributed by atoms with E-state index >= 15 is 0 Å². The van der Waals surface area contributed by atoms with Gasteiger partial charge in [0.1, 0.15) is 0 Å². The van der Waals surface area contributed by atoms with E-state index in [2.05, 4.69) is 27.0 Å². The topological polar surface area (TPSA) is 53.6 Å². The SMILES string of the molecule is O=C(NCCN1CCOCC1)c1cccc(NCc2cccs2)c1. The first-order valence-electron chi connectivity index (χ1n) is 8.26. The number of hydrogen-bond donors (Lipinski definition) is 2. The largest absolute Gasteiger partial charge is 0.380 e. The van der Waals surface area contributed by atoms with E-state index in [4.69, 9.17) is 4.74 Å². The number of hydrogen-bond acceptors (Lipinski definition) is 5. The van der Waals surface area contributed by atoms with Crippen LogP contribution < -0.4 is 10.6 Å². The molecule has 0 atom stereocenters. The summed E-state index contributed by atoms with van der Waals surface area (Å²) in [6.07, 6.45) is 0. The zero-order valence-electron chi connectivity index (χ0n) is 13.7. The minimum atomic E-state index is -0.0250. The molecule has 1 aliphatic rings. The summed E-state index contributed by atoms with van der Waals surface area (Å²) in [6, 6.07) is 11.8. The third kappa shape index (κ3) is 5.06. The molecule has 0 aliphatic carbocycles. The van der Waals surface area contributed by atoms with Gasteiger partial charge in [-0.05, 0) is 29.6 Å². The summed E-state index contributed by atoms with van der Waals surface area (Å²) in [5, 5.41) is 8.42. The zero-order valence-corrected chi connectivity index (χ0v) is 14.5. The summed E-state index contributed by atoms with van der Waals surface area (Å²) in [7, 11) is 0. The number of ether oxygens (including phenoxy) is 1. The van der Waals surface area contributed by atoms with Crippen LogP contribution in [-0.2, 0) is 11.3 Å². The molecule has 1 saturated heterocycles. The van der Waals surface area contributed by atoms with Crippen LogP contribution in [0.15, 0.2) is 41.8 Å². The smallest absolute Gasteiger partial charge is 0.251 e. The highest BCUT2D eigenvalue weighted by Gasteiger charge is 2.11. The first-order chi connectivity index (χ1) is 11.8. The monoisotopic (exact) mass is 345 g/mol. The van der Waals surface area contributed by atoms with Crippen molar-refractivity contribution in [1.82, 2.24) is 10.2 Å². The Morgan fingerprint density at radius 1 is 1.21 bits per heavy atom. The molecule has 1 aromatic carbocycles. The predicted molar refractivity (Wildman–Crippen MR) is 97.7 cm³/mol. The lowest BCUT2D eigenvalue weighted by Crippen LogP contribution is -2.41. The Labute approximate surface area is 146 Å². The molecule has 1 aliphatic heterocycles. The quantitative estimate of drug-likeness (QED) is 0.809. The van der Waals surface area contributed by atoms with Crippen LogP contribution in [0.4, 0.5) is 5.69 Å². The molecule has 1 amide bonds. The van der Waals surface area contributed by atoms with Crippen LogP contribution in [0.1, 0.15) is 15.2 Å². The van der Waals surface area contributed by atoms with Crippen LogP contribution >= 0.6 is 11.3 Å². The number of anilines is 1. The lowest BCUT2D eigenvalue weighted by atomic mass is 10.2. The number of nitrogens with zero attached hydrogens (tertiary/aromatic N) is 1. The van der Waals surface area contributed by atoms with Gasteiger partial charge in [0, 0.05) is 48.9 Å². The van der Waals surface area contributed by atoms with Gasteiger partial charge in [-0.3, -0.25) is 9.69 Å². The normalized spacial score (nSPS) is 15.2. The number of amides is 1. The number of morpholine rings is 1. The fraction of sp³-hybridized carbons (Fsp3) is 0.389. The molecule has 0 saturated carbocycles. The van der Waals surface area contributed by atoms with Gasteiger partial charge in [0.15, 0.2) is 0 Å². The van der Waals surface area contributed by atoms with Gasteiger partial charge in [0.05, 0.1) is 13.2 Å².